The Morgan fingerprint density at radius 3 is 2.71 bits per heavy atom. The molecule has 0 radical (unpaired) electrons. The summed E-state index contributed by atoms with van der Waals surface area (Å²) in [4.78, 5) is 17.2. The van der Waals surface area contributed by atoms with Gasteiger partial charge in [-0.25, -0.2) is 4.98 Å². The van der Waals surface area contributed by atoms with E-state index < -0.39 is 0 Å². The average Bonchev–Trinajstić information content (AvgIpc) is 3.18. The predicted molar refractivity (Wildman–Crippen MR) is 116 cm³/mol. The number of benzene rings is 3. The van der Waals surface area contributed by atoms with Gasteiger partial charge in [-0.15, -0.1) is 0 Å². The molecule has 3 aromatic carbocycles. The van der Waals surface area contributed by atoms with Gasteiger partial charge in [-0.3, -0.25) is 4.79 Å². The zero-order valence-electron chi connectivity index (χ0n) is 16.4. The summed E-state index contributed by atoms with van der Waals surface area (Å²) < 4.78 is 16.8. The van der Waals surface area contributed by atoms with Gasteiger partial charge in [-0.1, -0.05) is 11.6 Å². The van der Waals surface area contributed by atoms with Crippen LogP contribution in [0.2, 0.25) is 5.02 Å². The molecule has 4 aromatic rings. The topological polar surface area (TPSA) is 93.8 Å². The van der Waals surface area contributed by atoms with E-state index in [4.69, 9.17) is 25.5 Å². The van der Waals surface area contributed by atoms with Crippen LogP contribution in [-0.4, -0.2) is 29.2 Å². The van der Waals surface area contributed by atoms with E-state index in [-0.39, 0.29) is 17.5 Å². The van der Waals surface area contributed by atoms with Crippen LogP contribution in [0.15, 0.2) is 52.9 Å². The summed E-state index contributed by atoms with van der Waals surface area (Å²) in [6.07, 6.45) is 0. The van der Waals surface area contributed by atoms with Crippen LogP contribution in [0.3, 0.4) is 0 Å². The summed E-state index contributed by atoms with van der Waals surface area (Å²) in [5.74, 6) is 1.08. The van der Waals surface area contributed by atoms with E-state index in [1.54, 1.807) is 55.5 Å². The minimum Gasteiger partial charge on any atom is -0.507 e. The predicted octanol–water partition coefficient (Wildman–Crippen LogP) is 5.19. The van der Waals surface area contributed by atoms with Gasteiger partial charge in [0.05, 0.1) is 5.56 Å². The molecular weight excluding hydrogens is 420 g/mol. The van der Waals surface area contributed by atoms with Crippen molar-refractivity contribution in [3.05, 3.63) is 64.7 Å². The number of amides is 1. The number of hydrogen-bond donors (Lipinski definition) is 2. The zero-order chi connectivity index (χ0) is 21.5. The molecule has 31 heavy (non-hydrogen) atoms. The van der Waals surface area contributed by atoms with Crippen molar-refractivity contribution in [1.82, 2.24) is 4.98 Å². The van der Waals surface area contributed by atoms with Gasteiger partial charge in [0, 0.05) is 16.3 Å². The molecule has 156 valence electrons. The van der Waals surface area contributed by atoms with Gasteiger partial charge in [0.1, 0.15) is 24.5 Å². The van der Waals surface area contributed by atoms with E-state index in [1.165, 1.54) is 0 Å². The van der Waals surface area contributed by atoms with Gasteiger partial charge >= 0.3 is 0 Å². The fourth-order valence-electron chi connectivity index (χ4n) is 3.42. The molecule has 8 heteroatoms. The first-order valence-corrected chi connectivity index (χ1v) is 9.97. The van der Waals surface area contributed by atoms with Crippen molar-refractivity contribution in [1.29, 1.82) is 0 Å². The maximum atomic E-state index is 12.8. The van der Waals surface area contributed by atoms with E-state index in [2.05, 4.69) is 10.3 Å². The first-order chi connectivity index (χ1) is 15.0. The molecule has 1 aliphatic rings. The Morgan fingerprint density at radius 1 is 1.06 bits per heavy atom. The SMILES string of the molecule is Cc1cc(NC(=O)c2ccc3c(c2)OCCO3)cc(-c2nc3cc(Cl)ccc3o2)c1O. The van der Waals surface area contributed by atoms with Crippen molar-refractivity contribution < 1.29 is 23.8 Å². The van der Waals surface area contributed by atoms with Crippen molar-refractivity contribution >= 4 is 34.3 Å². The molecule has 0 spiro atoms. The Morgan fingerprint density at radius 2 is 1.87 bits per heavy atom. The molecule has 0 unspecified atom stereocenters. The number of nitrogens with one attached hydrogen (secondary N) is 1. The normalized spacial score (nSPS) is 12.7. The number of phenolic OH excluding ortho intramolecular Hbond substituents is 1. The summed E-state index contributed by atoms with van der Waals surface area (Å²) in [7, 11) is 0. The number of halogens is 1. The van der Waals surface area contributed by atoms with Crippen molar-refractivity contribution in [2.45, 2.75) is 6.92 Å². The Kier molecular flexibility index (Phi) is 4.67. The Bertz CT molecular complexity index is 1330. The molecule has 0 bridgehead atoms. The number of aromatic nitrogens is 1. The molecular formula is C23H17ClN2O5. The lowest BCUT2D eigenvalue weighted by molar-refractivity contribution is 0.102. The molecule has 7 nitrogen and oxygen atoms in total. The molecule has 2 N–H and O–H groups in total. The summed E-state index contributed by atoms with van der Waals surface area (Å²) in [6.45, 7) is 2.66. The number of carbonyl (C=O) groups excluding carboxylic acids is 1. The van der Waals surface area contributed by atoms with Gasteiger partial charge in [0.25, 0.3) is 5.91 Å². The monoisotopic (exact) mass is 436 g/mol. The van der Waals surface area contributed by atoms with Crippen LogP contribution in [0.1, 0.15) is 15.9 Å². The largest absolute Gasteiger partial charge is 0.507 e. The van der Waals surface area contributed by atoms with Crippen LogP contribution in [0.5, 0.6) is 17.2 Å². The number of hydrogen-bond acceptors (Lipinski definition) is 6. The number of aryl methyl sites for hydroxylation is 1. The van der Waals surface area contributed by atoms with Crippen LogP contribution in [0.4, 0.5) is 5.69 Å². The molecule has 0 atom stereocenters. The number of aromatic hydroxyl groups is 1. The van der Waals surface area contributed by atoms with Crippen molar-refractivity contribution in [2.24, 2.45) is 0 Å². The molecule has 1 aliphatic heterocycles. The van der Waals surface area contributed by atoms with E-state index in [9.17, 15) is 9.90 Å². The molecule has 0 saturated carbocycles. The van der Waals surface area contributed by atoms with Crippen LogP contribution >= 0.6 is 11.6 Å². The maximum Gasteiger partial charge on any atom is 0.255 e. The number of carbonyl (C=O) groups is 1. The minimum absolute atomic E-state index is 0.0231. The Labute approximate surface area is 182 Å². The van der Waals surface area contributed by atoms with E-state index in [0.717, 1.165) is 0 Å². The minimum atomic E-state index is -0.322. The molecule has 0 aliphatic carbocycles. The molecule has 0 fully saturated rings. The fourth-order valence-corrected chi connectivity index (χ4v) is 3.58. The molecule has 5 rings (SSSR count). The number of ether oxygens (including phenoxy) is 2. The first-order valence-electron chi connectivity index (χ1n) is 9.59. The van der Waals surface area contributed by atoms with Gasteiger partial charge in [-0.2, -0.15) is 0 Å². The average molecular weight is 437 g/mol. The lowest BCUT2D eigenvalue weighted by Crippen LogP contribution is -2.17. The Hall–Kier alpha value is -3.71. The lowest BCUT2D eigenvalue weighted by Gasteiger charge is -2.18. The summed E-state index contributed by atoms with van der Waals surface area (Å²) in [6, 6.07) is 13.4. The third kappa shape index (κ3) is 3.64. The van der Waals surface area contributed by atoms with Gasteiger partial charge in [0.15, 0.2) is 17.1 Å². The highest BCUT2D eigenvalue weighted by atomic mass is 35.5. The van der Waals surface area contributed by atoms with E-state index in [1.807, 2.05) is 0 Å². The van der Waals surface area contributed by atoms with Gasteiger partial charge < -0.3 is 24.3 Å². The number of rotatable bonds is 3. The second-order valence-electron chi connectivity index (χ2n) is 7.13. The van der Waals surface area contributed by atoms with Crippen LogP contribution in [-0.2, 0) is 0 Å². The highest BCUT2D eigenvalue weighted by Crippen LogP contribution is 2.37. The van der Waals surface area contributed by atoms with Gasteiger partial charge in [0.2, 0.25) is 5.89 Å². The number of fused-ring (bicyclic) bond motifs is 2. The van der Waals surface area contributed by atoms with E-state index >= 15 is 0 Å². The lowest BCUT2D eigenvalue weighted by atomic mass is 10.1. The molecule has 1 aromatic heterocycles. The van der Waals surface area contributed by atoms with Crippen LogP contribution in [0, 0.1) is 6.92 Å². The zero-order valence-corrected chi connectivity index (χ0v) is 17.2. The maximum absolute atomic E-state index is 12.8. The quantitative estimate of drug-likeness (QED) is 0.429. The third-order valence-corrected chi connectivity index (χ3v) is 5.18. The standard InChI is InChI=1S/C23H17ClN2O5/c1-12-8-15(25-22(28)13-2-4-19-20(9-13)30-7-6-29-19)11-16(21(12)27)23-26-17-10-14(24)3-5-18(17)31-23/h2-5,8-11,27H,6-7H2,1H3,(H,25,28). The molecule has 2 heterocycles. The highest BCUT2D eigenvalue weighted by molar-refractivity contribution is 6.31. The summed E-state index contributed by atoms with van der Waals surface area (Å²) in [5.41, 5.74) is 2.96. The first kappa shape index (κ1) is 19.3. The third-order valence-electron chi connectivity index (χ3n) is 4.94. The van der Waals surface area contributed by atoms with Crippen LogP contribution < -0.4 is 14.8 Å². The fraction of sp³-hybridized carbons (Fsp3) is 0.130. The van der Waals surface area contributed by atoms with Crippen molar-refractivity contribution in [3.8, 4) is 28.7 Å². The van der Waals surface area contributed by atoms with E-state index in [0.29, 0.717) is 63.2 Å². The highest BCUT2D eigenvalue weighted by Gasteiger charge is 2.18. The second-order valence-corrected chi connectivity index (χ2v) is 7.57. The smallest absolute Gasteiger partial charge is 0.255 e. The second kappa shape index (κ2) is 7.52. The van der Waals surface area contributed by atoms with Gasteiger partial charge in [-0.05, 0) is 61.0 Å². The number of nitrogens with zero attached hydrogens (tertiary/aromatic N) is 1. The number of phenols is 1. The molecule has 0 saturated heterocycles. The number of oxazole rings is 1. The molecule has 1 amide bonds. The number of anilines is 1. The van der Waals surface area contributed by atoms with Crippen molar-refractivity contribution in [2.75, 3.05) is 18.5 Å². The summed E-state index contributed by atoms with van der Waals surface area (Å²) in [5, 5.41) is 14.0. The Balaban J connectivity index is 1.47. The van der Waals surface area contributed by atoms with Crippen LogP contribution in [0.25, 0.3) is 22.6 Å². The summed E-state index contributed by atoms with van der Waals surface area (Å²) >= 11 is 6.02. The van der Waals surface area contributed by atoms with Crippen molar-refractivity contribution in [3.63, 3.8) is 0 Å².